The number of piperidine rings is 1. The highest BCUT2D eigenvalue weighted by atomic mass is 32.2. The maximum absolute atomic E-state index is 13.5. The number of aryl methyl sites for hydroxylation is 2. The van der Waals surface area contributed by atoms with Gasteiger partial charge in [0.25, 0.3) is 0 Å². The lowest BCUT2D eigenvalue weighted by molar-refractivity contribution is -0.120. The summed E-state index contributed by atoms with van der Waals surface area (Å²) in [5.74, 6) is 0.0744. The molecule has 8 nitrogen and oxygen atoms in total. The van der Waals surface area contributed by atoms with Crippen molar-refractivity contribution in [3.05, 3.63) is 65.4 Å². The topological polar surface area (TPSA) is 106 Å². The molecular formula is C24H27N3O5S. The summed E-state index contributed by atoms with van der Waals surface area (Å²) >= 11 is 0. The summed E-state index contributed by atoms with van der Waals surface area (Å²) < 4.78 is 38.9. The van der Waals surface area contributed by atoms with Crippen molar-refractivity contribution in [2.45, 2.75) is 38.0 Å². The Balaban J connectivity index is 1.52. The van der Waals surface area contributed by atoms with Gasteiger partial charge in [0.2, 0.25) is 15.9 Å². The van der Waals surface area contributed by atoms with E-state index in [1.165, 1.54) is 16.6 Å². The number of carbonyl (C=O) groups is 1. The van der Waals surface area contributed by atoms with Crippen LogP contribution in [-0.2, 0) is 21.2 Å². The molecule has 33 heavy (non-hydrogen) atoms. The van der Waals surface area contributed by atoms with Crippen LogP contribution in [0.3, 0.4) is 0 Å². The van der Waals surface area contributed by atoms with Gasteiger partial charge >= 0.3 is 0 Å². The second-order valence-corrected chi connectivity index (χ2v) is 9.93. The summed E-state index contributed by atoms with van der Waals surface area (Å²) in [6.45, 7) is 4.09. The Kier molecular flexibility index (Phi) is 6.80. The minimum atomic E-state index is -3.91. The van der Waals surface area contributed by atoms with Crippen LogP contribution < -0.4 is 5.32 Å². The Bertz CT molecular complexity index is 1240. The third kappa shape index (κ3) is 5.09. The SMILES string of the molecule is CCc1cccc(NC(=O)C2CCCN(S(=O)(=O)c3c(C)noc3/C=C/c3ccco3)C2)c1. The van der Waals surface area contributed by atoms with Gasteiger partial charge in [0.15, 0.2) is 10.7 Å². The molecule has 3 heterocycles. The molecule has 0 saturated carbocycles. The van der Waals surface area contributed by atoms with Crippen LogP contribution in [0.4, 0.5) is 5.69 Å². The van der Waals surface area contributed by atoms with Crippen molar-refractivity contribution in [1.29, 1.82) is 0 Å². The van der Waals surface area contributed by atoms with E-state index in [4.69, 9.17) is 8.94 Å². The lowest BCUT2D eigenvalue weighted by atomic mass is 9.98. The van der Waals surface area contributed by atoms with E-state index in [1.54, 1.807) is 25.1 Å². The van der Waals surface area contributed by atoms with Crippen molar-refractivity contribution in [2.75, 3.05) is 18.4 Å². The molecule has 174 valence electrons. The fourth-order valence-corrected chi connectivity index (χ4v) is 5.73. The zero-order chi connectivity index (χ0) is 23.4. The summed E-state index contributed by atoms with van der Waals surface area (Å²) in [5.41, 5.74) is 2.12. The van der Waals surface area contributed by atoms with Gasteiger partial charge in [0.05, 0.1) is 12.2 Å². The highest BCUT2D eigenvalue weighted by Crippen LogP contribution is 2.29. The van der Waals surface area contributed by atoms with Gasteiger partial charge in [-0.05, 0) is 68.2 Å². The number of aromatic nitrogens is 1. The van der Waals surface area contributed by atoms with Gasteiger partial charge in [-0.25, -0.2) is 8.42 Å². The number of hydrogen-bond donors (Lipinski definition) is 1. The van der Waals surface area contributed by atoms with Gasteiger partial charge in [-0.1, -0.05) is 24.2 Å². The minimum Gasteiger partial charge on any atom is -0.465 e. The zero-order valence-electron chi connectivity index (χ0n) is 18.7. The smallest absolute Gasteiger partial charge is 0.248 e. The highest BCUT2D eigenvalue weighted by Gasteiger charge is 2.37. The fraction of sp³-hybridized carbons (Fsp3) is 0.333. The highest BCUT2D eigenvalue weighted by molar-refractivity contribution is 7.89. The molecule has 0 bridgehead atoms. The second-order valence-electron chi connectivity index (χ2n) is 8.06. The summed E-state index contributed by atoms with van der Waals surface area (Å²) in [6, 6.07) is 11.2. The predicted molar refractivity (Wildman–Crippen MR) is 125 cm³/mol. The average molecular weight is 470 g/mol. The zero-order valence-corrected chi connectivity index (χ0v) is 19.5. The van der Waals surface area contributed by atoms with Crippen LogP contribution >= 0.6 is 0 Å². The molecule has 9 heteroatoms. The first-order valence-corrected chi connectivity index (χ1v) is 12.4. The number of rotatable bonds is 7. The molecule has 0 spiro atoms. The van der Waals surface area contributed by atoms with Crippen molar-refractivity contribution in [3.8, 4) is 0 Å². The monoisotopic (exact) mass is 469 g/mol. The van der Waals surface area contributed by atoms with E-state index in [0.717, 1.165) is 17.7 Å². The predicted octanol–water partition coefficient (Wildman–Crippen LogP) is 4.35. The van der Waals surface area contributed by atoms with Crippen molar-refractivity contribution in [2.24, 2.45) is 5.92 Å². The number of sulfonamides is 1. The summed E-state index contributed by atoms with van der Waals surface area (Å²) in [4.78, 5) is 12.9. The number of furan rings is 1. The number of amides is 1. The van der Waals surface area contributed by atoms with Crippen LogP contribution in [0.5, 0.6) is 0 Å². The van der Waals surface area contributed by atoms with E-state index in [1.807, 2.05) is 24.3 Å². The quantitative estimate of drug-likeness (QED) is 0.552. The van der Waals surface area contributed by atoms with Gasteiger partial charge in [-0.15, -0.1) is 0 Å². The van der Waals surface area contributed by atoms with Crippen LogP contribution in [0.15, 0.2) is 56.5 Å². The van der Waals surface area contributed by atoms with E-state index < -0.39 is 15.9 Å². The van der Waals surface area contributed by atoms with E-state index in [0.29, 0.717) is 25.1 Å². The Labute approximate surface area is 193 Å². The molecule has 4 rings (SSSR count). The van der Waals surface area contributed by atoms with Gasteiger partial charge in [-0.3, -0.25) is 4.79 Å². The molecule has 0 radical (unpaired) electrons. The van der Waals surface area contributed by atoms with E-state index in [2.05, 4.69) is 17.4 Å². The lowest BCUT2D eigenvalue weighted by Crippen LogP contribution is -2.43. The molecule has 1 saturated heterocycles. The molecule has 1 aromatic carbocycles. The molecule has 0 aliphatic carbocycles. The van der Waals surface area contributed by atoms with E-state index >= 15 is 0 Å². The first-order chi connectivity index (χ1) is 15.9. The third-order valence-corrected chi connectivity index (χ3v) is 7.76. The van der Waals surface area contributed by atoms with Crippen LogP contribution in [0, 0.1) is 12.8 Å². The molecule has 1 fully saturated rings. The van der Waals surface area contributed by atoms with E-state index in [-0.39, 0.29) is 28.8 Å². The number of nitrogens with zero attached hydrogens (tertiary/aromatic N) is 2. The first-order valence-electron chi connectivity index (χ1n) is 11.0. The molecule has 1 atom stereocenters. The average Bonchev–Trinajstić information content (AvgIpc) is 3.47. The third-order valence-electron chi connectivity index (χ3n) is 5.73. The van der Waals surface area contributed by atoms with Gasteiger partial charge in [-0.2, -0.15) is 4.31 Å². The Morgan fingerprint density at radius 3 is 2.88 bits per heavy atom. The van der Waals surface area contributed by atoms with Crippen molar-refractivity contribution in [1.82, 2.24) is 9.46 Å². The Hall–Kier alpha value is -3.17. The Morgan fingerprint density at radius 2 is 2.12 bits per heavy atom. The molecule has 1 N–H and O–H groups in total. The lowest BCUT2D eigenvalue weighted by Gasteiger charge is -2.31. The standard InChI is InChI=1S/C24H27N3O5S/c1-3-18-7-4-9-20(15-18)25-24(28)19-8-5-13-27(16-19)33(29,30)23-17(2)26-32-22(23)12-11-21-10-6-14-31-21/h4,6-7,9-12,14-15,19H,3,5,8,13,16H2,1-2H3,(H,25,28)/b12-11+. The van der Waals surface area contributed by atoms with Crippen LogP contribution in [0.25, 0.3) is 12.2 Å². The number of hydrogen-bond acceptors (Lipinski definition) is 6. The normalized spacial score (nSPS) is 17.5. The number of nitrogens with one attached hydrogen (secondary N) is 1. The number of carbonyl (C=O) groups excluding carboxylic acids is 1. The molecule has 3 aromatic rings. The number of anilines is 1. The van der Waals surface area contributed by atoms with Crippen LogP contribution in [0.1, 0.15) is 42.5 Å². The van der Waals surface area contributed by atoms with Crippen molar-refractivity contribution >= 4 is 33.8 Å². The largest absolute Gasteiger partial charge is 0.465 e. The second kappa shape index (κ2) is 9.76. The van der Waals surface area contributed by atoms with Gasteiger partial charge in [0, 0.05) is 18.8 Å². The van der Waals surface area contributed by atoms with Gasteiger partial charge in [0.1, 0.15) is 11.5 Å². The summed E-state index contributed by atoms with van der Waals surface area (Å²) in [5, 5.41) is 6.80. The fourth-order valence-electron chi connectivity index (χ4n) is 3.96. The summed E-state index contributed by atoms with van der Waals surface area (Å²) in [7, 11) is -3.91. The summed E-state index contributed by atoms with van der Waals surface area (Å²) in [6.07, 6.45) is 6.76. The molecule has 2 aromatic heterocycles. The molecular weight excluding hydrogens is 442 g/mol. The maximum Gasteiger partial charge on any atom is 0.248 e. The molecule has 1 aliphatic rings. The van der Waals surface area contributed by atoms with E-state index in [9.17, 15) is 13.2 Å². The molecule has 1 amide bonds. The first kappa shape index (κ1) is 23.0. The van der Waals surface area contributed by atoms with Crippen molar-refractivity contribution in [3.63, 3.8) is 0 Å². The van der Waals surface area contributed by atoms with Gasteiger partial charge < -0.3 is 14.3 Å². The maximum atomic E-state index is 13.5. The molecule has 1 aliphatic heterocycles. The van der Waals surface area contributed by atoms with Crippen LogP contribution in [0.2, 0.25) is 0 Å². The van der Waals surface area contributed by atoms with Crippen LogP contribution in [-0.4, -0.2) is 36.9 Å². The Morgan fingerprint density at radius 1 is 1.27 bits per heavy atom. The van der Waals surface area contributed by atoms with Crippen molar-refractivity contribution < 1.29 is 22.2 Å². The number of benzene rings is 1. The molecule has 1 unspecified atom stereocenters. The minimum absolute atomic E-state index is 0.0158.